The van der Waals surface area contributed by atoms with Crippen molar-refractivity contribution in [1.82, 2.24) is 4.90 Å². The van der Waals surface area contributed by atoms with Crippen LogP contribution in [0.15, 0.2) is 0 Å². The summed E-state index contributed by atoms with van der Waals surface area (Å²) in [5, 5.41) is 1.10. The van der Waals surface area contributed by atoms with Gasteiger partial charge in [-0.25, -0.2) is 0 Å². The van der Waals surface area contributed by atoms with E-state index in [0.29, 0.717) is 0 Å². The molecule has 2 heteroatoms. The van der Waals surface area contributed by atoms with Crippen LogP contribution in [-0.2, 0) is 0 Å². The van der Waals surface area contributed by atoms with Crippen LogP contribution in [0, 0.1) is 11.8 Å². The van der Waals surface area contributed by atoms with Gasteiger partial charge in [0, 0.05) is 11.9 Å². The molecule has 0 N–H and O–H groups in total. The fourth-order valence-electron chi connectivity index (χ4n) is 1.34. The van der Waals surface area contributed by atoms with E-state index in [9.17, 15) is 0 Å². The summed E-state index contributed by atoms with van der Waals surface area (Å²) in [6, 6.07) is 0. The van der Waals surface area contributed by atoms with Crippen molar-refractivity contribution in [3.63, 3.8) is 0 Å². The largest absolute Gasteiger partial charge is 0.302 e. The molecule has 0 atom stereocenters. The summed E-state index contributed by atoms with van der Waals surface area (Å²) < 4.78 is 0. The van der Waals surface area contributed by atoms with Crippen molar-refractivity contribution in [2.75, 3.05) is 25.0 Å². The molecule has 0 aromatic heterocycles. The average Bonchev–Trinajstić information content (AvgIpc) is 2.09. The van der Waals surface area contributed by atoms with Crippen LogP contribution in [0.5, 0.6) is 0 Å². The van der Waals surface area contributed by atoms with Crippen molar-refractivity contribution in [1.29, 1.82) is 0 Å². The summed E-state index contributed by atoms with van der Waals surface area (Å²) in [6.45, 7) is 12.9. The van der Waals surface area contributed by atoms with Gasteiger partial charge in [-0.3, -0.25) is 0 Å². The Hall–Kier alpha value is 0.440. The highest BCUT2D eigenvalue weighted by Gasteiger charge is 2.06. The van der Waals surface area contributed by atoms with Gasteiger partial charge in [0.2, 0.25) is 0 Å². The zero-order chi connectivity index (χ0) is 11.0. The lowest BCUT2D eigenvalue weighted by Gasteiger charge is -2.23. The first-order valence-corrected chi connectivity index (χ1v) is 6.96. The van der Waals surface area contributed by atoms with Gasteiger partial charge >= 0.3 is 0 Å². The van der Waals surface area contributed by atoms with Gasteiger partial charge in [-0.05, 0) is 37.8 Å². The fraction of sp³-hybridized carbons (Fsp3) is 1.00. The number of alkyl halides is 1. The van der Waals surface area contributed by atoms with Gasteiger partial charge in [-0.2, -0.15) is 0 Å². The Bertz CT molecular complexity index is 111. The molecular formula is C12H26BrN. The second kappa shape index (κ2) is 8.72. The van der Waals surface area contributed by atoms with E-state index in [1.54, 1.807) is 0 Å². The van der Waals surface area contributed by atoms with Crippen LogP contribution in [0.1, 0.15) is 40.5 Å². The van der Waals surface area contributed by atoms with Crippen LogP contribution in [0.2, 0.25) is 0 Å². The Labute approximate surface area is 98.4 Å². The van der Waals surface area contributed by atoms with E-state index in [-0.39, 0.29) is 0 Å². The molecular weight excluding hydrogens is 238 g/mol. The lowest BCUT2D eigenvalue weighted by atomic mass is 10.1. The average molecular weight is 264 g/mol. The summed E-state index contributed by atoms with van der Waals surface area (Å²) in [5.74, 6) is 1.65. The van der Waals surface area contributed by atoms with Crippen molar-refractivity contribution in [3.05, 3.63) is 0 Å². The molecule has 86 valence electrons. The van der Waals surface area contributed by atoms with E-state index in [2.05, 4.69) is 48.5 Å². The molecule has 0 radical (unpaired) electrons. The van der Waals surface area contributed by atoms with Crippen LogP contribution in [-0.4, -0.2) is 29.9 Å². The third kappa shape index (κ3) is 9.01. The zero-order valence-corrected chi connectivity index (χ0v) is 11.8. The lowest BCUT2D eigenvalue weighted by molar-refractivity contribution is 0.257. The van der Waals surface area contributed by atoms with Gasteiger partial charge in [0.05, 0.1) is 0 Å². The number of rotatable bonds is 8. The monoisotopic (exact) mass is 263 g/mol. The van der Waals surface area contributed by atoms with Gasteiger partial charge in [-0.15, -0.1) is 0 Å². The van der Waals surface area contributed by atoms with Crippen LogP contribution in [0.4, 0.5) is 0 Å². The molecule has 0 bridgehead atoms. The van der Waals surface area contributed by atoms with E-state index in [1.807, 2.05) is 0 Å². The molecule has 0 aromatic rings. The van der Waals surface area contributed by atoms with Gasteiger partial charge in [0.15, 0.2) is 0 Å². The summed E-state index contributed by atoms with van der Waals surface area (Å²) in [4.78, 5) is 2.58. The molecule has 0 saturated carbocycles. The Kier molecular flexibility index (Phi) is 9.00. The van der Waals surface area contributed by atoms with Crippen LogP contribution in [0.3, 0.4) is 0 Å². The van der Waals surface area contributed by atoms with Crippen LogP contribution >= 0.6 is 15.9 Å². The maximum Gasteiger partial charge on any atom is 0.0159 e. The molecule has 0 aliphatic rings. The molecule has 0 spiro atoms. The first-order valence-electron chi connectivity index (χ1n) is 5.84. The second-order valence-corrected chi connectivity index (χ2v) is 5.69. The van der Waals surface area contributed by atoms with E-state index >= 15 is 0 Å². The number of hydrogen-bond donors (Lipinski definition) is 0. The minimum atomic E-state index is 0.826. The summed E-state index contributed by atoms with van der Waals surface area (Å²) in [7, 11) is 0. The number of halogens is 1. The van der Waals surface area contributed by atoms with E-state index in [0.717, 1.165) is 17.2 Å². The Morgan fingerprint density at radius 2 is 1.29 bits per heavy atom. The van der Waals surface area contributed by atoms with Gasteiger partial charge in [0.1, 0.15) is 0 Å². The minimum absolute atomic E-state index is 0.826. The van der Waals surface area contributed by atoms with Gasteiger partial charge < -0.3 is 4.90 Å². The lowest BCUT2D eigenvalue weighted by Crippen LogP contribution is -2.29. The summed E-state index contributed by atoms with van der Waals surface area (Å²) >= 11 is 3.52. The molecule has 0 unspecified atom stereocenters. The van der Waals surface area contributed by atoms with Crippen molar-refractivity contribution < 1.29 is 0 Å². The molecule has 0 aromatic carbocycles. The second-order valence-electron chi connectivity index (χ2n) is 4.90. The Morgan fingerprint density at radius 1 is 0.857 bits per heavy atom. The molecule has 0 rings (SSSR count). The molecule has 14 heavy (non-hydrogen) atoms. The van der Waals surface area contributed by atoms with Crippen LogP contribution in [0.25, 0.3) is 0 Å². The zero-order valence-electron chi connectivity index (χ0n) is 10.2. The Morgan fingerprint density at radius 3 is 1.57 bits per heavy atom. The van der Waals surface area contributed by atoms with Gasteiger partial charge in [-0.1, -0.05) is 43.6 Å². The number of nitrogens with zero attached hydrogens (tertiary/aromatic N) is 1. The first-order chi connectivity index (χ1) is 6.56. The molecule has 0 aliphatic carbocycles. The minimum Gasteiger partial charge on any atom is -0.302 e. The van der Waals surface area contributed by atoms with Gasteiger partial charge in [0.25, 0.3) is 0 Å². The van der Waals surface area contributed by atoms with Crippen molar-refractivity contribution in [2.24, 2.45) is 11.8 Å². The Balaban J connectivity index is 3.65. The van der Waals surface area contributed by atoms with Crippen LogP contribution < -0.4 is 0 Å². The predicted molar refractivity (Wildman–Crippen MR) is 69.1 cm³/mol. The fourth-order valence-corrected chi connectivity index (χ4v) is 1.84. The van der Waals surface area contributed by atoms with Crippen molar-refractivity contribution in [3.8, 4) is 0 Å². The molecule has 0 fully saturated rings. The maximum absolute atomic E-state index is 3.52. The standard InChI is InChI=1S/C12H26BrN/c1-11(2)5-8-14(10-7-13)9-6-12(3)4/h11-12H,5-10H2,1-4H3. The molecule has 0 aliphatic heterocycles. The highest BCUT2D eigenvalue weighted by Crippen LogP contribution is 2.06. The normalized spacial score (nSPS) is 12.0. The highest BCUT2D eigenvalue weighted by atomic mass is 79.9. The smallest absolute Gasteiger partial charge is 0.0159 e. The van der Waals surface area contributed by atoms with E-state index in [1.165, 1.54) is 32.5 Å². The number of hydrogen-bond acceptors (Lipinski definition) is 1. The van der Waals surface area contributed by atoms with E-state index in [4.69, 9.17) is 0 Å². The quantitative estimate of drug-likeness (QED) is 0.603. The maximum atomic E-state index is 3.52. The molecule has 1 nitrogen and oxygen atoms in total. The van der Waals surface area contributed by atoms with Crippen molar-refractivity contribution >= 4 is 15.9 Å². The molecule has 0 amide bonds. The summed E-state index contributed by atoms with van der Waals surface area (Å²) in [5.41, 5.74) is 0. The predicted octanol–water partition coefficient (Wildman–Crippen LogP) is 3.78. The van der Waals surface area contributed by atoms with E-state index < -0.39 is 0 Å². The molecule has 0 saturated heterocycles. The third-order valence-electron chi connectivity index (χ3n) is 2.45. The topological polar surface area (TPSA) is 3.24 Å². The van der Waals surface area contributed by atoms with Crippen molar-refractivity contribution in [2.45, 2.75) is 40.5 Å². The summed E-state index contributed by atoms with van der Waals surface area (Å²) in [6.07, 6.45) is 2.65. The SMILES string of the molecule is CC(C)CCN(CCBr)CCC(C)C. The highest BCUT2D eigenvalue weighted by molar-refractivity contribution is 9.09. The first kappa shape index (κ1) is 14.4. The molecule has 0 heterocycles. The third-order valence-corrected chi connectivity index (χ3v) is 2.80.